The van der Waals surface area contributed by atoms with Gasteiger partial charge in [-0.05, 0) is 35.0 Å². The molecule has 0 unspecified atom stereocenters. The summed E-state index contributed by atoms with van der Waals surface area (Å²) in [5, 5.41) is 4.39. The van der Waals surface area contributed by atoms with Gasteiger partial charge in [-0.2, -0.15) is 4.52 Å². The van der Waals surface area contributed by atoms with E-state index in [0.717, 1.165) is 10.3 Å². The van der Waals surface area contributed by atoms with Crippen LogP contribution in [0.2, 0.25) is 0 Å². The molecule has 18 heavy (non-hydrogen) atoms. The van der Waals surface area contributed by atoms with Gasteiger partial charge in [0.25, 0.3) is 0 Å². The van der Waals surface area contributed by atoms with Crippen molar-refractivity contribution in [2.75, 3.05) is 0 Å². The molecule has 0 atom stereocenters. The topological polar surface area (TPSA) is 35.1 Å². The number of halogens is 2. The predicted octanol–water partition coefficient (Wildman–Crippen LogP) is 2.94. The molecule has 6 heteroatoms. The van der Waals surface area contributed by atoms with Gasteiger partial charge in [-0.15, -0.1) is 5.10 Å². The molecule has 2 aromatic heterocycles. The van der Waals surface area contributed by atoms with Gasteiger partial charge < -0.3 is 0 Å². The van der Waals surface area contributed by atoms with Crippen molar-refractivity contribution in [1.29, 1.82) is 0 Å². The molecule has 3 aromatic rings. The first-order chi connectivity index (χ1) is 8.59. The zero-order valence-corrected chi connectivity index (χ0v) is 11.4. The molecule has 0 aliphatic carbocycles. The van der Waals surface area contributed by atoms with Gasteiger partial charge in [-0.3, -0.25) is 4.57 Å². The number of hydrogen-bond acceptors (Lipinski definition) is 2. The number of benzene rings is 1. The number of rotatable bonds is 1. The van der Waals surface area contributed by atoms with E-state index in [2.05, 4.69) is 26.0 Å². The van der Waals surface area contributed by atoms with E-state index in [0.29, 0.717) is 17.2 Å². The molecule has 92 valence electrons. The average molecular weight is 309 g/mol. The molecule has 3 rings (SSSR count). The Bertz CT molecular complexity index is 744. The van der Waals surface area contributed by atoms with Crippen LogP contribution in [0.15, 0.2) is 28.9 Å². The van der Waals surface area contributed by atoms with Gasteiger partial charge in [0.05, 0.1) is 11.3 Å². The standard InChI is InChI=1S/C12H10BrFN4/c1-7-10(13)18-12(15-7)17(2)11(16-18)8-5-3-4-6-9(8)14/h3-6H,1-2H3. The second-order valence-electron chi connectivity index (χ2n) is 4.06. The molecule has 0 aliphatic rings. The molecule has 4 nitrogen and oxygen atoms in total. The highest BCUT2D eigenvalue weighted by Crippen LogP contribution is 2.25. The Morgan fingerprint density at radius 2 is 2.00 bits per heavy atom. The summed E-state index contributed by atoms with van der Waals surface area (Å²) in [7, 11) is 1.82. The van der Waals surface area contributed by atoms with Crippen LogP contribution in [0.1, 0.15) is 5.69 Å². The quantitative estimate of drug-likeness (QED) is 0.693. The number of imidazole rings is 1. The highest BCUT2D eigenvalue weighted by molar-refractivity contribution is 9.10. The lowest BCUT2D eigenvalue weighted by Crippen LogP contribution is -1.95. The van der Waals surface area contributed by atoms with Gasteiger partial charge in [0.1, 0.15) is 10.4 Å². The second-order valence-corrected chi connectivity index (χ2v) is 4.81. The summed E-state index contributed by atoms with van der Waals surface area (Å²) in [6.07, 6.45) is 0. The van der Waals surface area contributed by atoms with Crippen LogP contribution in [0.3, 0.4) is 0 Å². The molecule has 1 aromatic carbocycles. The fraction of sp³-hybridized carbons (Fsp3) is 0.167. The van der Waals surface area contributed by atoms with E-state index < -0.39 is 0 Å². The van der Waals surface area contributed by atoms with E-state index in [9.17, 15) is 4.39 Å². The van der Waals surface area contributed by atoms with Crippen LogP contribution in [0.25, 0.3) is 17.2 Å². The predicted molar refractivity (Wildman–Crippen MR) is 69.8 cm³/mol. The third-order valence-electron chi connectivity index (χ3n) is 2.87. The molecule has 0 spiro atoms. The van der Waals surface area contributed by atoms with Gasteiger partial charge >= 0.3 is 0 Å². The Balaban J connectivity index is 2.31. The first-order valence-corrected chi connectivity index (χ1v) is 6.21. The van der Waals surface area contributed by atoms with Crippen LogP contribution in [0, 0.1) is 12.7 Å². The molecular weight excluding hydrogens is 299 g/mol. The third kappa shape index (κ3) is 1.49. The van der Waals surface area contributed by atoms with E-state index >= 15 is 0 Å². The normalized spacial score (nSPS) is 11.3. The number of nitrogens with zero attached hydrogens (tertiary/aromatic N) is 4. The molecule has 0 N–H and O–H groups in total. The Morgan fingerprint density at radius 3 is 2.67 bits per heavy atom. The first kappa shape index (κ1) is 11.4. The fourth-order valence-electron chi connectivity index (χ4n) is 1.92. The van der Waals surface area contributed by atoms with E-state index in [4.69, 9.17) is 0 Å². The van der Waals surface area contributed by atoms with Crippen LogP contribution in [0.5, 0.6) is 0 Å². The van der Waals surface area contributed by atoms with E-state index in [1.165, 1.54) is 6.07 Å². The summed E-state index contributed by atoms with van der Waals surface area (Å²) in [6, 6.07) is 6.58. The highest BCUT2D eigenvalue weighted by atomic mass is 79.9. The van der Waals surface area contributed by atoms with Crippen molar-refractivity contribution < 1.29 is 4.39 Å². The van der Waals surface area contributed by atoms with Crippen LogP contribution in [-0.4, -0.2) is 19.2 Å². The van der Waals surface area contributed by atoms with Crippen molar-refractivity contribution in [3.8, 4) is 11.4 Å². The maximum Gasteiger partial charge on any atom is 0.233 e. The maximum absolute atomic E-state index is 13.8. The van der Waals surface area contributed by atoms with Crippen molar-refractivity contribution >= 4 is 21.7 Å². The number of aryl methyl sites for hydroxylation is 2. The third-order valence-corrected chi connectivity index (χ3v) is 3.78. The minimum atomic E-state index is -0.290. The minimum Gasteiger partial charge on any atom is -0.296 e. The van der Waals surface area contributed by atoms with Crippen molar-refractivity contribution in [2.45, 2.75) is 6.92 Å². The summed E-state index contributed by atoms with van der Waals surface area (Å²) < 4.78 is 18.0. The summed E-state index contributed by atoms with van der Waals surface area (Å²) >= 11 is 3.42. The van der Waals surface area contributed by atoms with E-state index in [-0.39, 0.29) is 5.82 Å². The SMILES string of the molecule is Cc1nc2n(C)c(-c3ccccc3F)nn2c1Br. The van der Waals surface area contributed by atoms with Gasteiger partial charge in [-0.25, -0.2) is 9.37 Å². The van der Waals surface area contributed by atoms with E-state index in [1.807, 2.05) is 14.0 Å². The Morgan fingerprint density at radius 1 is 1.28 bits per heavy atom. The summed E-state index contributed by atoms with van der Waals surface area (Å²) in [4.78, 5) is 4.38. The number of fused-ring (bicyclic) bond motifs is 1. The van der Waals surface area contributed by atoms with Crippen molar-refractivity contribution in [3.05, 3.63) is 40.4 Å². The van der Waals surface area contributed by atoms with Gasteiger partial charge in [0.15, 0.2) is 5.82 Å². The largest absolute Gasteiger partial charge is 0.296 e. The summed E-state index contributed by atoms with van der Waals surface area (Å²) in [6.45, 7) is 1.89. The molecule has 0 amide bonds. The van der Waals surface area contributed by atoms with Crippen LogP contribution >= 0.6 is 15.9 Å². The monoisotopic (exact) mass is 308 g/mol. The smallest absolute Gasteiger partial charge is 0.233 e. The molecule has 0 aliphatic heterocycles. The zero-order valence-electron chi connectivity index (χ0n) is 9.85. The molecular formula is C12H10BrFN4. The highest BCUT2D eigenvalue weighted by Gasteiger charge is 2.17. The molecule has 0 fully saturated rings. The van der Waals surface area contributed by atoms with Crippen molar-refractivity contribution in [3.63, 3.8) is 0 Å². The van der Waals surface area contributed by atoms with Crippen molar-refractivity contribution in [1.82, 2.24) is 19.2 Å². The van der Waals surface area contributed by atoms with Crippen LogP contribution in [0.4, 0.5) is 4.39 Å². The fourth-order valence-corrected chi connectivity index (χ4v) is 2.25. The second kappa shape index (κ2) is 3.91. The first-order valence-electron chi connectivity index (χ1n) is 5.42. The van der Waals surface area contributed by atoms with Crippen molar-refractivity contribution in [2.24, 2.45) is 7.05 Å². The minimum absolute atomic E-state index is 0.290. The molecule has 0 saturated heterocycles. The average Bonchev–Trinajstić information content (AvgIpc) is 2.81. The maximum atomic E-state index is 13.8. The number of hydrogen-bond donors (Lipinski definition) is 0. The lowest BCUT2D eigenvalue weighted by atomic mass is 10.2. The zero-order chi connectivity index (χ0) is 12.9. The van der Waals surface area contributed by atoms with Gasteiger partial charge in [0.2, 0.25) is 5.78 Å². The Hall–Kier alpha value is -1.69. The summed E-state index contributed by atoms with van der Waals surface area (Å²) in [5.74, 6) is 0.940. The summed E-state index contributed by atoms with van der Waals surface area (Å²) in [5.41, 5.74) is 1.32. The van der Waals surface area contributed by atoms with E-state index in [1.54, 1.807) is 27.3 Å². The molecule has 0 bridgehead atoms. The van der Waals surface area contributed by atoms with Crippen LogP contribution in [-0.2, 0) is 7.05 Å². The number of aromatic nitrogens is 4. The lowest BCUT2D eigenvalue weighted by Gasteiger charge is -2.01. The molecule has 0 saturated carbocycles. The Kier molecular flexibility index (Phi) is 2.48. The van der Waals surface area contributed by atoms with Gasteiger partial charge in [-0.1, -0.05) is 12.1 Å². The molecule has 0 radical (unpaired) electrons. The Labute approximate surface area is 111 Å². The molecule has 2 heterocycles. The van der Waals surface area contributed by atoms with Gasteiger partial charge in [0, 0.05) is 7.05 Å². The lowest BCUT2D eigenvalue weighted by molar-refractivity contribution is 0.628. The van der Waals surface area contributed by atoms with Crippen LogP contribution < -0.4 is 0 Å².